The van der Waals surface area contributed by atoms with Gasteiger partial charge in [-0.3, -0.25) is 14.0 Å². The van der Waals surface area contributed by atoms with Crippen LogP contribution >= 0.6 is 0 Å². The van der Waals surface area contributed by atoms with Crippen LogP contribution in [0.4, 0.5) is 0 Å². The Balaban J connectivity index is 2.03. The first kappa shape index (κ1) is 23.8. The highest BCUT2D eigenvalue weighted by Crippen LogP contribution is 2.13. The van der Waals surface area contributed by atoms with Crippen LogP contribution in [0.3, 0.4) is 0 Å². The summed E-state index contributed by atoms with van der Waals surface area (Å²) in [5.41, 5.74) is 1.47. The van der Waals surface area contributed by atoms with Crippen molar-refractivity contribution in [2.45, 2.75) is 27.3 Å². The third kappa shape index (κ3) is 5.11. The van der Waals surface area contributed by atoms with Crippen molar-refractivity contribution in [1.82, 2.24) is 14.0 Å². The summed E-state index contributed by atoms with van der Waals surface area (Å²) in [7, 11) is 0. The SMILES string of the molecule is CCOC(=O)c1cc2c(=O)n3ccccc3nc2n(CC(C)C)c1=NC(=O)/C=C/c1ccccc1. The van der Waals surface area contributed by atoms with E-state index in [-0.39, 0.29) is 34.5 Å². The van der Waals surface area contributed by atoms with E-state index in [1.807, 2.05) is 44.2 Å². The molecule has 0 aliphatic heterocycles. The van der Waals surface area contributed by atoms with Crippen LogP contribution in [-0.2, 0) is 16.1 Å². The molecule has 0 N–H and O–H groups in total. The van der Waals surface area contributed by atoms with E-state index < -0.39 is 11.9 Å². The molecule has 35 heavy (non-hydrogen) atoms. The van der Waals surface area contributed by atoms with Crippen LogP contribution in [0.5, 0.6) is 0 Å². The number of nitrogens with zero attached hydrogens (tertiary/aromatic N) is 4. The highest BCUT2D eigenvalue weighted by Gasteiger charge is 2.20. The van der Waals surface area contributed by atoms with Gasteiger partial charge in [0, 0.05) is 18.8 Å². The molecular weight excluding hydrogens is 444 g/mol. The Hall–Kier alpha value is -4.33. The largest absolute Gasteiger partial charge is 0.462 e. The molecule has 0 radical (unpaired) electrons. The van der Waals surface area contributed by atoms with Crippen molar-refractivity contribution in [3.05, 3.63) is 93.8 Å². The lowest BCUT2D eigenvalue weighted by Crippen LogP contribution is -2.33. The van der Waals surface area contributed by atoms with E-state index in [0.29, 0.717) is 17.8 Å². The highest BCUT2D eigenvalue weighted by atomic mass is 16.5. The number of fused-ring (bicyclic) bond motifs is 2. The minimum Gasteiger partial charge on any atom is -0.462 e. The maximum atomic E-state index is 13.3. The number of esters is 1. The smallest absolute Gasteiger partial charge is 0.341 e. The number of aromatic nitrogens is 3. The van der Waals surface area contributed by atoms with Crippen LogP contribution in [0.25, 0.3) is 22.8 Å². The Morgan fingerprint density at radius 3 is 2.57 bits per heavy atom. The van der Waals surface area contributed by atoms with Gasteiger partial charge in [0.2, 0.25) is 0 Å². The van der Waals surface area contributed by atoms with Crippen molar-refractivity contribution in [3.63, 3.8) is 0 Å². The second-order valence-corrected chi connectivity index (χ2v) is 8.38. The fourth-order valence-electron chi connectivity index (χ4n) is 3.77. The first-order valence-corrected chi connectivity index (χ1v) is 11.4. The van der Waals surface area contributed by atoms with Gasteiger partial charge in [0.05, 0.1) is 12.0 Å². The molecule has 1 aromatic carbocycles. The topological polar surface area (TPSA) is 95.0 Å². The minimum absolute atomic E-state index is 0.0382. The van der Waals surface area contributed by atoms with Crippen molar-refractivity contribution >= 4 is 34.6 Å². The zero-order chi connectivity index (χ0) is 24.9. The Labute approximate surface area is 201 Å². The lowest BCUT2D eigenvalue weighted by atomic mass is 10.1. The predicted molar refractivity (Wildman–Crippen MR) is 134 cm³/mol. The standard InChI is InChI=1S/C27H26N4O4/c1-4-35-27(34)21-16-20-24(28-22-12-8-9-15-30(22)26(20)33)31(17-18(2)3)25(21)29-23(32)14-13-19-10-6-5-7-11-19/h5-16,18H,4,17H2,1-3H3/b14-13+,29-25?. The van der Waals surface area contributed by atoms with Gasteiger partial charge in [-0.25, -0.2) is 9.78 Å². The van der Waals surface area contributed by atoms with Crippen LogP contribution in [-0.4, -0.2) is 32.4 Å². The molecule has 3 heterocycles. The summed E-state index contributed by atoms with van der Waals surface area (Å²) < 4.78 is 8.32. The Morgan fingerprint density at radius 2 is 1.86 bits per heavy atom. The number of rotatable bonds is 6. The molecule has 0 aliphatic rings. The molecule has 0 saturated heterocycles. The van der Waals surface area contributed by atoms with Crippen molar-refractivity contribution in [2.24, 2.45) is 10.9 Å². The maximum Gasteiger partial charge on any atom is 0.341 e. The Bertz CT molecular complexity index is 1560. The fourth-order valence-corrected chi connectivity index (χ4v) is 3.77. The van der Waals surface area contributed by atoms with E-state index in [1.165, 1.54) is 16.5 Å². The monoisotopic (exact) mass is 470 g/mol. The van der Waals surface area contributed by atoms with Crippen molar-refractivity contribution in [1.29, 1.82) is 0 Å². The van der Waals surface area contributed by atoms with Crippen LogP contribution in [0.1, 0.15) is 36.7 Å². The molecule has 178 valence electrons. The number of hydrogen-bond acceptors (Lipinski definition) is 5. The molecule has 0 spiro atoms. The van der Waals surface area contributed by atoms with E-state index >= 15 is 0 Å². The number of ether oxygens (including phenoxy) is 1. The van der Waals surface area contributed by atoms with Gasteiger partial charge in [-0.05, 0) is 42.7 Å². The van der Waals surface area contributed by atoms with E-state index in [0.717, 1.165) is 5.56 Å². The number of benzene rings is 1. The molecule has 8 nitrogen and oxygen atoms in total. The molecule has 0 aliphatic carbocycles. The normalized spacial score (nSPS) is 12.2. The summed E-state index contributed by atoms with van der Waals surface area (Å²) in [4.78, 5) is 48.1. The van der Waals surface area contributed by atoms with Crippen LogP contribution < -0.4 is 11.0 Å². The Kier molecular flexibility index (Phi) is 7.01. The van der Waals surface area contributed by atoms with E-state index in [9.17, 15) is 14.4 Å². The van der Waals surface area contributed by atoms with Gasteiger partial charge in [0.15, 0.2) is 5.49 Å². The summed E-state index contributed by atoms with van der Waals surface area (Å²) in [6, 6.07) is 16.0. The maximum absolute atomic E-state index is 13.3. The van der Waals surface area contributed by atoms with Crippen LogP contribution in [0, 0.1) is 5.92 Å². The van der Waals surface area contributed by atoms with Gasteiger partial charge in [-0.1, -0.05) is 50.2 Å². The van der Waals surface area contributed by atoms with Crippen molar-refractivity contribution < 1.29 is 14.3 Å². The first-order chi connectivity index (χ1) is 16.9. The molecular formula is C27H26N4O4. The molecule has 3 aromatic heterocycles. The van der Waals surface area contributed by atoms with Gasteiger partial charge in [0.1, 0.15) is 16.9 Å². The van der Waals surface area contributed by atoms with Crippen LogP contribution in [0.15, 0.2) is 76.7 Å². The molecule has 0 bridgehead atoms. The van der Waals surface area contributed by atoms with Gasteiger partial charge in [0.25, 0.3) is 11.5 Å². The molecule has 4 aromatic rings. The summed E-state index contributed by atoms with van der Waals surface area (Å²) in [6.07, 6.45) is 4.62. The van der Waals surface area contributed by atoms with Gasteiger partial charge < -0.3 is 9.30 Å². The minimum atomic E-state index is -0.664. The second-order valence-electron chi connectivity index (χ2n) is 8.38. The predicted octanol–water partition coefficient (Wildman–Crippen LogP) is 3.62. The highest BCUT2D eigenvalue weighted by molar-refractivity contribution is 5.95. The van der Waals surface area contributed by atoms with E-state index in [2.05, 4.69) is 9.98 Å². The second kappa shape index (κ2) is 10.3. The number of pyridine rings is 2. The van der Waals surface area contributed by atoms with E-state index in [1.54, 1.807) is 42.0 Å². The average Bonchev–Trinajstić information content (AvgIpc) is 2.85. The quantitative estimate of drug-likeness (QED) is 0.244. The molecule has 1 amide bonds. The number of carbonyl (C=O) groups excluding carboxylic acids is 2. The van der Waals surface area contributed by atoms with Gasteiger partial charge >= 0.3 is 5.97 Å². The zero-order valence-corrected chi connectivity index (χ0v) is 19.8. The lowest BCUT2D eigenvalue weighted by molar-refractivity contribution is -0.113. The molecule has 0 fully saturated rings. The summed E-state index contributed by atoms with van der Waals surface area (Å²) in [6.45, 7) is 6.19. The Morgan fingerprint density at radius 1 is 1.11 bits per heavy atom. The lowest BCUT2D eigenvalue weighted by Gasteiger charge is -2.16. The summed E-state index contributed by atoms with van der Waals surface area (Å²) in [5.74, 6) is -1.10. The van der Waals surface area contributed by atoms with Crippen LogP contribution in [0.2, 0.25) is 0 Å². The first-order valence-electron chi connectivity index (χ1n) is 11.4. The zero-order valence-electron chi connectivity index (χ0n) is 19.8. The van der Waals surface area contributed by atoms with Crippen molar-refractivity contribution in [2.75, 3.05) is 6.61 Å². The molecule has 0 unspecified atom stereocenters. The van der Waals surface area contributed by atoms with Crippen molar-refractivity contribution in [3.8, 4) is 0 Å². The average molecular weight is 471 g/mol. The molecule has 4 rings (SSSR count). The fraction of sp³-hybridized carbons (Fsp3) is 0.222. The molecule has 0 atom stereocenters. The number of carbonyl (C=O) groups is 2. The number of hydrogen-bond donors (Lipinski definition) is 0. The molecule has 8 heteroatoms. The summed E-state index contributed by atoms with van der Waals surface area (Å²) in [5, 5.41) is 0.239. The summed E-state index contributed by atoms with van der Waals surface area (Å²) >= 11 is 0. The third-order valence-electron chi connectivity index (χ3n) is 5.27. The van der Waals surface area contributed by atoms with Gasteiger partial charge in [-0.15, -0.1) is 0 Å². The number of amides is 1. The van der Waals surface area contributed by atoms with E-state index in [4.69, 9.17) is 4.74 Å². The van der Waals surface area contributed by atoms with Gasteiger partial charge in [-0.2, -0.15) is 4.99 Å². The third-order valence-corrected chi connectivity index (χ3v) is 5.27. The molecule has 0 saturated carbocycles.